The third-order valence-corrected chi connectivity index (χ3v) is 4.55. The first kappa shape index (κ1) is 20.9. The minimum absolute atomic E-state index is 0.259. The number of carboxylic acids is 2. The van der Waals surface area contributed by atoms with Gasteiger partial charge in [-0.25, -0.2) is 9.59 Å². The number of ether oxygens (including phenoxy) is 2. The molecule has 156 valence electrons. The number of carbonyl (C=O) groups is 2. The van der Waals surface area contributed by atoms with Gasteiger partial charge in [-0.05, 0) is 50.1 Å². The third kappa shape index (κ3) is 4.27. The molecule has 0 amide bonds. The van der Waals surface area contributed by atoms with Gasteiger partial charge in [0, 0.05) is 6.07 Å². The van der Waals surface area contributed by atoms with E-state index in [4.69, 9.17) is 24.1 Å². The van der Waals surface area contributed by atoms with E-state index in [1.807, 2.05) is 0 Å². The van der Waals surface area contributed by atoms with Crippen molar-refractivity contribution in [2.24, 2.45) is 0 Å². The zero-order chi connectivity index (χ0) is 22.0. The summed E-state index contributed by atoms with van der Waals surface area (Å²) >= 11 is 0. The summed E-state index contributed by atoms with van der Waals surface area (Å²) < 4.78 is 16.3. The van der Waals surface area contributed by atoms with Crippen LogP contribution in [0.3, 0.4) is 0 Å². The molecule has 0 saturated carbocycles. The fraction of sp³-hybridized carbons (Fsp3) is 0.227. The molecule has 0 saturated heterocycles. The summed E-state index contributed by atoms with van der Waals surface area (Å²) in [6, 6.07) is 9.53. The molecule has 1 aromatic heterocycles. The lowest BCUT2D eigenvalue weighted by Crippen LogP contribution is -2.23. The predicted octanol–water partition coefficient (Wildman–Crippen LogP) is 3.47. The number of carboxylic acid groups (broad SMARTS) is 2. The highest BCUT2D eigenvalue weighted by Gasteiger charge is 2.17. The summed E-state index contributed by atoms with van der Waals surface area (Å²) in [5, 5.41) is 18.3. The van der Waals surface area contributed by atoms with Gasteiger partial charge in [0.25, 0.3) is 0 Å². The molecule has 1 heterocycles. The van der Waals surface area contributed by atoms with Gasteiger partial charge in [0.15, 0.2) is 12.2 Å². The van der Waals surface area contributed by atoms with E-state index in [-0.39, 0.29) is 11.0 Å². The van der Waals surface area contributed by atoms with E-state index < -0.39 is 24.1 Å². The molecule has 0 aliphatic heterocycles. The first-order chi connectivity index (χ1) is 14.2. The van der Waals surface area contributed by atoms with Crippen molar-refractivity contribution in [2.45, 2.75) is 33.0 Å². The van der Waals surface area contributed by atoms with Crippen LogP contribution in [-0.2, 0) is 9.59 Å². The second-order valence-electron chi connectivity index (χ2n) is 6.81. The highest BCUT2D eigenvalue weighted by molar-refractivity contribution is 5.84. The Balaban J connectivity index is 1.94. The zero-order valence-electron chi connectivity index (χ0n) is 16.5. The maximum absolute atomic E-state index is 13.0. The highest BCUT2D eigenvalue weighted by Crippen LogP contribution is 2.28. The maximum Gasteiger partial charge on any atom is 0.344 e. The molecule has 8 nitrogen and oxygen atoms in total. The van der Waals surface area contributed by atoms with Crippen molar-refractivity contribution < 1.29 is 33.7 Å². The fourth-order valence-electron chi connectivity index (χ4n) is 2.80. The van der Waals surface area contributed by atoms with Crippen molar-refractivity contribution in [1.82, 2.24) is 0 Å². The predicted molar refractivity (Wildman–Crippen MR) is 108 cm³/mol. The number of aryl methyl sites for hydroxylation is 1. The van der Waals surface area contributed by atoms with Crippen LogP contribution in [0.15, 0.2) is 51.9 Å². The fourth-order valence-corrected chi connectivity index (χ4v) is 2.80. The van der Waals surface area contributed by atoms with E-state index in [0.29, 0.717) is 33.6 Å². The Bertz CT molecular complexity index is 1160. The number of fused-ring (bicyclic) bond motifs is 1. The molecule has 30 heavy (non-hydrogen) atoms. The Kier molecular flexibility index (Phi) is 5.77. The zero-order valence-corrected chi connectivity index (χ0v) is 16.5. The molecule has 2 aromatic carbocycles. The van der Waals surface area contributed by atoms with Crippen LogP contribution in [0.4, 0.5) is 0 Å². The first-order valence-electron chi connectivity index (χ1n) is 9.13. The van der Waals surface area contributed by atoms with Crippen LogP contribution in [0, 0.1) is 6.92 Å². The van der Waals surface area contributed by atoms with Gasteiger partial charge in [0.2, 0.25) is 5.43 Å². The van der Waals surface area contributed by atoms with E-state index in [2.05, 4.69) is 0 Å². The van der Waals surface area contributed by atoms with Gasteiger partial charge in [-0.15, -0.1) is 0 Å². The summed E-state index contributed by atoms with van der Waals surface area (Å²) in [6.07, 6.45) is -0.721. The summed E-state index contributed by atoms with van der Waals surface area (Å²) in [5.74, 6) is -1.49. The Morgan fingerprint density at radius 3 is 2.17 bits per heavy atom. The molecule has 2 atom stereocenters. The Hall–Kier alpha value is -3.81. The van der Waals surface area contributed by atoms with Crippen molar-refractivity contribution in [1.29, 1.82) is 0 Å². The molecular weight excluding hydrogens is 392 g/mol. The standard InChI is InChI=1S/C22H20O8/c1-11-8-16-19(9-18(11)30-13(3)22(26)27)28-10-17(20(16)23)14-4-6-15(7-5-14)29-12(2)21(24)25/h4-10,12-13H,1-3H3,(H,24,25)(H,26,27). The molecule has 0 fully saturated rings. The minimum atomic E-state index is -1.10. The first-order valence-corrected chi connectivity index (χ1v) is 9.13. The van der Waals surface area contributed by atoms with Crippen LogP contribution < -0.4 is 14.9 Å². The van der Waals surface area contributed by atoms with Crippen molar-refractivity contribution in [3.05, 3.63) is 58.4 Å². The lowest BCUT2D eigenvalue weighted by Gasteiger charge is -2.13. The summed E-state index contributed by atoms with van der Waals surface area (Å²) in [5.41, 5.74) is 1.53. The van der Waals surface area contributed by atoms with E-state index in [1.54, 1.807) is 37.3 Å². The van der Waals surface area contributed by atoms with Crippen molar-refractivity contribution >= 4 is 22.9 Å². The molecule has 2 unspecified atom stereocenters. The van der Waals surface area contributed by atoms with Gasteiger partial charge in [0.05, 0.1) is 10.9 Å². The molecule has 3 rings (SSSR count). The van der Waals surface area contributed by atoms with Crippen molar-refractivity contribution in [3.8, 4) is 22.6 Å². The van der Waals surface area contributed by atoms with Crippen LogP contribution in [0.2, 0.25) is 0 Å². The molecule has 3 aromatic rings. The van der Waals surface area contributed by atoms with Gasteiger partial charge in [-0.1, -0.05) is 12.1 Å². The summed E-state index contributed by atoms with van der Waals surface area (Å²) in [4.78, 5) is 34.9. The quantitative estimate of drug-likeness (QED) is 0.605. The average molecular weight is 412 g/mol. The summed E-state index contributed by atoms with van der Waals surface area (Å²) in [7, 11) is 0. The van der Waals surface area contributed by atoms with E-state index >= 15 is 0 Å². The van der Waals surface area contributed by atoms with E-state index in [0.717, 1.165) is 0 Å². The van der Waals surface area contributed by atoms with Gasteiger partial charge in [0.1, 0.15) is 23.3 Å². The lowest BCUT2D eigenvalue weighted by molar-refractivity contribution is -0.145. The van der Waals surface area contributed by atoms with Gasteiger partial charge < -0.3 is 24.1 Å². The topological polar surface area (TPSA) is 123 Å². The van der Waals surface area contributed by atoms with Crippen molar-refractivity contribution in [3.63, 3.8) is 0 Å². The summed E-state index contributed by atoms with van der Waals surface area (Å²) in [6.45, 7) is 4.55. The normalized spacial score (nSPS) is 12.9. The molecule has 0 aliphatic carbocycles. The maximum atomic E-state index is 13.0. The molecule has 0 bridgehead atoms. The third-order valence-electron chi connectivity index (χ3n) is 4.55. The smallest absolute Gasteiger partial charge is 0.344 e. The molecule has 0 aliphatic rings. The Morgan fingerprint density at radius 2 is 1.57 bits per heavy atom. The Morgan fingerprint density at radius 1 is 0.967 bits per heavy atom. The molecule has 0 radical (unpaired) electrons. The number of benzene rings is 2. The molecular formula is C22H20O8. The second kappa shape index (κ2) is 8.28. The Labute approximate surface area is 171 Å². The van der Waals surface area contributed by atoms with Gasteiger partial charge in [-0.3, -0.25) is 4.79 Å². The van der Waals surface area contributed by atoms with Crippen LogP contribution >= 0.6 is 0 Å². The molecule has 2 N–H and O–H groups in total. The molecule has 8 heteroatoms. The van der Waals surface area contributed by atoms with Crippen LogP contribution in [0.5, 0.6) is 11.5 Å². The van der Waals surface area contributed by atoms with Crippen LogP contribution in [0.25, 0.3) is 22.1 Å². The van der Waals surface area contributed by atoms with E-state index in [1.165, 1.54) is 26.2 Å². The molecule has 0 spiro atoms. The highest BCUT2D eigenvalue weighted by atomic mass is 16.5. The number of hydrogen-bond donors (Lipinski definition) is 2. The second-order valence-corrected chi connectivity index (χ2v) is 6.81. The van der Waals surface area contributed by atoms with Crippen molar-refractivity contribution in [2.75, 3.05) is 0 Å². The largest absolute Gasteiger partial charge is 0.479 e. The minimum Gasteiger partial charge on any atom is -0.479 e. The number of aliphatic carboxylic acids is 2. The number of hydrogen-bond acceptors (Lipinski definition) is 6. The average Bonchev–Trinajstić information content (AvgIpc) is 2.70. The van der Waals surface area contributed by atoms with Crippen LogP contribution in [-0.4, -0.2) is 34.4 Å². The van der Waals surface area contributed by atoms with Gasteiger partial charge in [-0.2, -0.15) is 0 Å². The van der Waals surface area contributed by atoms with E-state index in [9.17, 15) is 14.4 Å². The SMILES string of the molecule is Cc1cc2c(=O)c(-c3ccc(OC(C)C(=O)O)cc3)coc2cc1OC(C)C(=O)O. The number of rotatable bonds is 7. The van der Waals surface area contributed by atoms with Gasteiger partial charge >= 0.3 is 11.9 Å². The lowest BCUT2D eigenvalue weighted by atomic mass is 10.0. The van der Waals surface area contributed by atoms with Crippen LogP contribution in [0.1, 0.15) is 19.4 Å². The monoisotopic (exact) mass is 412 g/mol.